The van der Waals surface area contributed by atoms with Crippen molar-refractivity contribution in [3.8, 4) is 0 Å². The van der Waals surface area contributed by atoms with Crippen LogP contribution in [0.2, 0.25) is 0 Å². The topological polar surface area (TPSA) is 38.5 Å². The first-order valence-corrected chi connectivity index (χ1v) is 6.70. The molecule has 0 aromatic heterocycles. The fourth-order valence-corrected chi connectivity index (χ4v) is 2.77. The summed E-state index contributed by atoms with van der Waals surface area (Å²) in [7, 11) is 1.77. The highest BCUT2D eigenvalue weighted by atomic mass is 32.1. The van der Waals surface area contributed by atoms with E-state index in [1.165, 1.54) is 12.0 Å². The molecule has 1 fully saturated rings. The summed E-state index contributed by atoms with van der Waals surface area (Å²) in [6, 6.07) is 8.13. The zero-order chi connectivity index (χ0) is 13.0. The molecule has 2 rings (SSSR count). The third kappa shape index (κ3) is 3.28. The first-order valence-electron chi connectivity index (χ1n) is 6.29. The molecule has 0 radical (unpaired) electrons. The van der Waals surface area contributed by atoms with Gasteiger partial charge in [0.05, 0.1) is 6.61 Å². The first-order chi connectivity index (χ1) is 8.70. The maximum absolute atomic E-state index is 5.76. The molecule has 1 aromatic carbocycles. The van der Waals surface area contributed by atoms with E-state index >= 15 is 0 Å². The molecular formula is C14H20N2OS. The predicted octanol–water partition coefficient (Wildman–Crippen LogP) is 1.79. The molecule has 2 N–H and O–H groups in total. The highest BCUT2D eigenvalue weighted by molar-refractivity contribution is 7.80. The van der Waals surface area contributed by atoms with Gasteiger partial charge in [-0.3, -0.25) is 4.90 Å². The maximum Gasteiger partial charge on any atom is 0.104 e. The van der Waals surface area contributed by atoms with Crippen LogP contribution in [-0.4, -0.2) is 36.7 Å². The van der Waals surface area contributed by atoms with Crippen LogP contribution < -0.4 is 5.73 Å². The molecule has 0 amide bonds. The molecule has 1 saturated heterocycles. The van der Waals surface area contributed by atoms with Crippen molar-refractivity contribution in [2.24, 2.45) is 11.7 Å². The molecule has 1 aliphatic rings. The standard InChI is InChI=1S/C14H20N2OS/c1-17-10-11-6-7-16(8-11)9-12-4-2-3-5-13(12)14(15)18/h2-5,11H,6-10H2,1H3,(H2,15,18). The number of hydrogen-bond donors (Lipinski definition) is 1. The number of benzene rings is 1. The molecule has 4 heteroatoms. The fourth-order valence-electron chi connectivity index (χ4n) is 2.57. The largest absolute Gasteiger partial charge is 0.389 e. The quantitative estimate of drug-likeness (QED) is 0.823. The van der Waals surface area contributed by atoms with Crippen molar-refractivity contribution in [2.45, 2.75) is 13.0 Å². The zero-order valence-electron chi connectivity index (χ0n) is 10.8. The molecule has 0 bridgehead atoms. The predicted molar refractivity (Wildman–Crippen MR) is 77.6 cm³/mol. The number of ether oxygens (including phenoxy) is 1. The summed E-state index contributed by atoms with van der Waals surface area (Å²) < 4.78 is 5.22. The number of likely N-dealkylation sites (tertiary alicyclic amines) is 1. The van der Waals surface area contributed by atoms with Gasteiger partial charge in [-0.15, -0.1) is 0 Å². The van der Waals surface area contributed by atoms with Crippen LogP contribution in [0.15, 0.2) is 24.3 Å². The summed E-state index contributed by atoms with van der Waals surface area (Å²) in [5, 5.41) is 0. The van der Waals surface area contributed by atoms with Gasteiger partial charge in [-0.25, -0.2) is 0 Å². The summed E-state index contributed by atoms with van der Waals surface area (Å²) in [5.41, 5.74) is 7.98. The Morgan fingerprint density at radius 3 is 3.00 bits per heavy atom. The average Bonchev–Trinajstić information content (AvgIpc) is 2.77. The van der Waals surface area contributed by atoms with Gasteiger partial charge in [0, 0.05) is 25.8 Å². The van der Waals surface area contributed by atoms with E-state index in [4.69, 9.17) is 22.7 Å². The van der Waals surface area contributed by atoms with E-state index in [1.807, 2.05) is 18.2 Å². The van der Waals surface area contributed by atoms with Gasteiger partial charge in [0.15, 0.2) is 0 Å². The van der Waals surface area contributed by atoms with Gasteiger partial charge in [-0.2, -0.15) is 0 Å². The summed E-state index contributed by atoms with van der Waals surface area (Å²) in [6.45, 7) is 4.00. The zero-order valence-corrected chi connectivity index (χ0v) is 11.6. The molecule has 0 saturated carbocycles. The third-order valence-corrected chi connectivity index (χ3v) is 3.67. The van der Waals surface area contributed by atoms with E-state index in [0.717, 1.165) is 31.8 Å². The van der Waals surface area contributed by atoms with Crippen LogP contribution >= 0.6 is 12.2 Å². The number of rotatable bonds is 5. The van der Waals surface area contributed by atoms with Gasteiger partial charge in [0.2, 0.25) is 0 Å². The van der Waals surface area contributed by atoms with Crippen molar-refractivity contribution in [3.63, 3.8) is 0 Å². The minimum atomic E-state index is 0.484. The summed E-state index contributed by atoms with van der Waals surface area (Å²) in [4.78, 5) is 2.93. The highest BCUT2D eigenvalue weighted by Gasteiger charge is 2.22. The van der Waals surface area contributed by atoms with E-state index in [-0.39, 0.29) is 0 Å². The van der Waals surface area contributed by atoms with Crippen LogP contribution in [-0.2, 0) is 11.3 Å². The van der Waals surface area contributed by atoms with Gasteiger partial charge in [-0.1, -0.05) is 36.5 Å². The first kappa shape index (κ1) is 13.5. The second-order valence-electron chi connectivity index (χ2n) is 4.87. The van der Waals surface area contributed by atoms with Crippen LogP contribution in [0.1, 0.15) is 17.5 Å². The van der Waals surface area contributed by atoms with Crippen LogP contribution in [0.25, 0.3) is 0 Å². The third-order valence-electron chi connectivity index (χ3n) is 3.45. The Morgan fingerprint density at radius 1 is 1.50 bits per heavy atom. The van der Waals surface area contributed by atoms with Gasteiger partial charge < -0.3 is 10.5 Å². The molecule has 1 unspecified atom stereocenters. The van der Waals surface area contributed by atoms with Crippen molar-refractivity contribution < 1.29 is 4.74 Å². The van der Waals surface area contributed by atoms with E-state index < -0.39 is 0 Å². The molecule has 1 heterocycles. The molecule has 3 nitrogen and oxygen atoms in total. The lowest BCUT2D eigenvalue weighted by Gasteiger charge is -2.18. The SMILES string of the molecule is COCC1CCN(Cc2ccccc2C(N)=S)C1. The number of nitrogens with two attached hydrogens (primary N) is 1. The minimum absolute atomic E-state index is 0.484. The van der Waals surface area contributed by atoms with Crippen molar-refractivity contribution in [3.05, 3.63) is 35.4 Å². The highest BCUT2D eigenvalue weighted by Crippen LogP contribution is 2.20. The smallest absolute Gasteiger partial charge is 0.104 e. The fraction of sp³-hybridized carbons (Fsp3) is 0.500. The van der Waals surface area contributed by atoms with Gasteiger partial charge in [-0.05, 0) is 24.4 Å². The number of thiocarbonyl (C=S) groups is 1. The number of methoxy groups -OCH3 is 1. The second-order valence-corrected chi connectivity index (χ2v) is 5.31. The summed E-state index contributed by atoms with van der Waals surface area (Å²) in [6.07, 6.45) is 1.21. The Balaban J connectivity index is 2.00. The number of hydrogen-bond acceptors (Lipinski definition) is 3. The van der Waals surface area contributed by atoms with Gasteiger partial charge in [0.1, 0.15) is 4.99 Å². The monoisotopic (exact) mass is 264 g/mol. The van der Waals surface area contributed by atoms with Crippen LogP contribution in [0.4, 0.5) is 0 Å². The van der Waals surface area contributed by atoms with E-state index in [2.05, 4.69) is 11.0 Å². The Bertz CT molecular complexity index is 422. The molecule has 0 aliphatic carbocycles. The normalized spacial score (nSPS) is 20.2. The second kappa shape index (κ2) is 6.27. The van der Waals surface area contributed by atoms with E-state index in [1.54, 1.807) is 7.11 Å². The van der Waals surface area contributed by atoms with E-state index in [9.17, 15) is 0 Å². The lowest BCUT2D eigenvalue weighted by atomic mass is 10.1. The average molecular weight is 264 g/mol. The number of nitrogens with zero attached hydrogens (tertiary/aromatic N) is 1. The molecule has 0 spiro atoms. The summed E-state index contributed by atoms with van der Waals surface area (Å²) in [5.74, 6) is 0.659. The van der Waals surface area contributed by atoms with Crippen molar-refractivity contribution in [1.82, 2.24) is 4.90 Å². The lowest BCUT2D eigenvalue weighted by molar-refractivity contribution is 0.152. The molecular weight excluding hydrogens is 244 g/mol. The van der Waals surface area contributed by atoms with Gasteiger partial charge >= 0.3 is 0 Å². The van der Waals surface area contributed by atoms with Crippen LogP contribution in [0.3, 0.4) is 0 Å². The molecule has 1 atom stereocenters. The Morgan fingerprint density at radius 2 is 2.28 bits per heavy atom. The molecule has 1 aliphatic heterocycles. The van der Waals surface area contributed by atoms with Crippen LogP contribution in [0.5, 0.6) is 0 Å². The van der Waals surface area contributed by atoms with Crippen LogP contribution in [0, 0.1) is 5.92 Å². The molecule has 18 heavy (non-hydrogen) atoms. The summed E-state index contributed by atoms with van der Waals surface area (Å²) >= 11 is 5.09. The minimum Gasteiger partial charge on any atom is -0.389 e. The van der Waals surface area contributed by atoms with Crippen molar-refractivity contribution in [2.75, 3.05) is 26.8 Å². The van der Waals surface area contributed by atoms with Crippen molar-refractivity contribution in [1.29, 1.82) is 0 Å². The molecule has 1 aromatic rings. The lowest BCUT2D eigenvalue weighted by Crippen LogP contribution is -2.23. The Kier molecular flexibility index (Phi) is 4.69. The van der Waals surface area contributed by atoms with Crippen molar-refractivity contribution >= 4 is 17.2 Å². The Labute approximate surface area is 114 Å². The molecule has 98 valence electrons. The van der Waals surface area contributed by atoms with E-state index in [0.29, 0.717) is 10.9 Å². The maximum atomic E-state index is 5.76. The Hall–Kier alpha value is -0.970. The van der Waals surface area contributed by atoms with Gasteiger partial charge in [0.25, 0.3) is 0 Å².